The van der Waals surface area contributed by atoms with Gasteiger partial charge in [0, 0.05) is 26.2 Å². The van der Waals surface area contributed by atoms with Crippen molar-refractivity contribution in [3.05, 3.63) is 0 Å². The number of amides is 2. The van der Waals surface area contributed by atoms with Gasteiger partial charge in [0.15, 0.2) is 0 Å². The van der Waals surface area contributed by atoms with Gasteiger partial charge in [-0.2, -0.15) is 0 Å². The van der Waals surface area contributed by atoms with Gasteiger partial charge in [-0.1, -0.05) is 0 Å². The predicted octanol–water partition coefficient (Wildman–Crippen LogP) is 1.89. The van der Waals surface area contributed by atoms with Gasteiger partial charge in [0.05, 0.1) is 211 Å². The maximum Gasteiger partial charge on any atom is 0.407 e. The van der Waals surface area contributed by atoms with Crippen LogP contribution in [0.3, 0.4) is 0 Å². The van der Waals surface area contributed by atoms with Crippen LogP contribution in [0.4, 0.5) is 9.59 Å². The molecule has 0 aromatic carbocycles. The first-order chi connectivity index (χ1) is 33.5. The summed E-state index contributed by atoms with van der Waals surface area (Å²) in [5.74, 6) is 0. The summed E-state index contributed by atoms with van der Waals surface area (Å²) in [4.78, 5) is 23.0. The summed E-state index contributed by atoms with van der Waals surface area (Å²) >= 11 is 0. The molecule has 0 rings (SSSR count). The smallest absolute Gasteiger partial charge is 0.407 e. The molecule has 0 fully saturated rings. The van der Waals surface area contributed by atoms with Gasteiger partial charge in [-0.05, 0) is 41.5 Å². The zero-order chi connectivity index (χ0) is 50.5. The fourth-order valence-corrected chi connectivity index (χ4v) is 4.78. The van der Waals surface area contributed by atoms with Gasteiger partial charge < -0.3 is 101 Å². The van der Waals surface area contributed by atoms with Gasteiger partial charge in [-0.25, -0.2) is 9.59 Å². The lowest BCUT2D eigenvalue weighted by molar-refractivity contribution is -0.0233. The molecule has 0 atom stereocenters. The van der Waals surface area contributed by atoms with E-state index in [1.165, 1.54) is 0 Å². The number of alkyl carbamates (subject to hydrolysis) is 2. The van der Waals surface area contributed by atoms with Crippen LogP contribution in [0, 0.1) is 0 Å². The number of hydrogen-bond acceptors (Lipinski definition) is 21. The Labute approximate surface area is 412 Å². The Kier molecular flexibility index (Phi) is 50.6. The molecule has 0 aliphatic heterocycles. The van der Waals surface area contributed by atoms with Crippen molar-refractivity contribution >= 4 is 12.2 Å². The highest BCUT2D eigenvalue weighted by molar-refractivity contribution is 5.67. The molecule has 0 saturated carbocycles. The molecule has 0 heterocycles. The van der Waals surface area contributed by atoms with Crippen molar-refractivity contribution in [1.82, 2.24) is 16.0 Å². The van der Waals surface area contributed by atoms with Crippen molar-refractivity contribution in [3.63, 3.8) is 0 Å². The summed E-state index contributed by atoms with van der Waals surface area (Å²) in [5, 5.41) is 8.54. The molecule has 0 aromatic heterocycles. The molecule has 0 aliphatic rings. The molecule has 0 radical (unpaired) electrons. The highest BCUT2D eigenvalue weighted by atomic mass is 16.6. The van der Waals surface area contributed by atoms with Gasteiger partial charge in [0.2, 0.25) is 0 Å². The third-order valence-electron chi connectivity index (χ3n) is 7.88. The third-order valence-corrected chi connectivity index (χ3v) is 7.88. The van der Waals surface area contributed by atoms with Crippen molar-refractivity contribution in [2.75, 3.05) is 238 Å². The molecule has 0 aromatic rings. The van der Waals surface area contributed by atoms with Crippen LogP contribution in [0.5, 0.6) is 0 Å². The van der Waals surface area contributed by atoms with E-state index >= 15 is 0 Å². The first-order valence-corrected chi connectivity index (χ1v) is 24.4. The SMILES string of the molecule is CC(C)(C)OC(=O)NCCOCCOCCOCCOCCOCCOCCOCCOCCNCCOCCOCCOCCOCCOCCOCCOCCOCCNC(=O)OC(C)(C)C. The van der Waals surface area contributed by atoms with E-state index in [2.05, 4.69) is 16.0 Å². The third kappa shape index (κ3) is 61.9. The minimum atomic E-state index is -0.519. The van der Waals surface area contributed by atoms with Crippen molar-refractivity contribution in [3.8, 4) is 0 Å². The fraction of sp³-hybridized carbons (Fsp3) is 0.957. The number of hydrogen-bond donors (Lipinski definition) is 3. The average molecular weight is 1010 g/mol. The molecular formula is C46H93N3O20. The van der Waals surface area contributed by atoms with Gasteiger partial charge in [0.25, 0.3) is 0 Å². The van der Waals surface area contributed by atoms with Crippen molar-refractivity contribution in [1.29, 1.82) is 0 Å². The van der Waals surface area contributed by atoms with Gasteiger partial charge >= 0.3 is 12.2 Å². The van der Waals surface area contributed by atoms with E-state index in [0.29, 0.717) is 225 Å². The maximum absolute atomic E-state index is 11.5. The van der Waals surface area contributed by atoms with E-state index in [1.54, 1.807) is 0 Å². The van der Waals surface area contributed by atoms with E-state index in [-0.39, 0.29) is 0 Å². The Balaban J connectivity index is 3.12. The Bertz CT molecular complexity index is 996. The summed E-state index contributed by atoms with van der Waals surface area (Å²) in [6, 6.07) is 0. The fourth-order valence-electron chi connectivity index (χ4n) is 4.78. The summed E-state index contributed by atoms with van der Waals surface area (Å²) in [6.07, 6.45) is -0.913. The van der Waals surface area contributed by atoms with Crippen LogP contribution >= 0.6 is 0 Å². The molecule has 412 valence electrons. The van der Waals surface area contributed by atoms with Gasteiger partial charge in [-0.15, -0.1) is 0 Å². The zero-order valence-electron chi connectivity index (χ0n) is 43.1. The molecule has 0 bridgehead atoms. The first-order valence-electron chi connectivity index (χ1n) is 24.4. The number of rotatable bonds is 54. The lowest BCUT2D eigenvalue weighted by Crippen LogP contribution is -2.34. The Morgan fingerprint density at radius 3 is 0.551 bits per heavy atom. The van der Waals surface area contributed by atoms with Gasteiger partial charge in [-0.3, -0.25) is 0 Å². The molecule has 0 aliphatic carbocycles. The molecule has 0 unspecified atom stereocenters. The Morgan fingerprint density at radius 1 is 0.246 bits per heavy atom. The van der Waals surface area contributed by atoms with E-state index < -0.39 is 23.4 Å². The molecule has 69 heavy (non-hydrogen) atoms. The topological polar surface area (TPSA) is 236 Å². The lowest BCUT2D eigenvalue weighted by atomic mass is 10.2. The van der Waals surface area contributed by atoms with Crippen LogP contribution in [-0.4, -0.2) is 261 Å². The van der Waals surface area contributed by atoms with Crippen LogP contribution in [0.25, 0.3) is 0 Å². The molecular weight excluding hydrogens is 915 g/mol. The summed E-state index contributed by atoms with van der Waals surface area (Å²) < 4.78 is 98.1. The van der Waals surface area contributed by atoms with Gasteiger partial charge in [0.1, 0.15) is 11.2 Å². The average Bonchev–Trinajstić information content (AvgIpc) is 3.29. The summed E-state index contributed by atoms with van der Waals surface area (Å²) in [7, 11) is 0. The summed E-state index contributed by atoms with van der Waals surface area (Å²) in [5.41, 5.74) is -1.04. The second-order valence-electron chi connectivity index (χ2n) is 16.4. The van der Waals surface area contributed by atoms with Crippen LogP contribution in [0.2, 0.25) is 0 Å². The predicted molar refractivity (Wildman–Crippen MR) is 254 cm³/mol. The maximum atomic E-state index is 11.5. The Morgan fingerprint density at radius 2 is 0.391 bits per heavy atom. The minimum absolute atomic E-state index is 0.376. The zero-order valence-corrected chi connectivity index (χ0v) is 43.1. The van der Waals surface area contributed by atoms with E-state index in [0.717, 1.165) is 13.1 Å². The van der Waals surface area contributed by atoms with E-state index in [9.17, 15) is 9.59 Å². The second-order valence-corrected chi connectivity index (χ2v) is 16.4. The van der Waals surface area contributed by atoms with E-state index in [1.807, 2.05) is 41.5 Å². The molecule has 0 saturated heterocycles. The van der Waals surface area contributed by atoms with Crippen LogP contribution < -0.4 is 16.0 Å². The monoisotopic (exact) mass is 1010 g/mol. The Hall–Kier alpha value is -2.14. The molecule has 0 spiro atoms. The number of carbonyl (C=O) groups excluding carboxylic acids is 2. The molecule has 23 heteroatoms. The van der Waals surface area contributed by atoms with Crippen molar-refractivity contribution in [2.45, 2.75) is 52.7 Å². The van der Waals surface area contributed by atoms with Crippen molar-refractivity contribution < 1.29 is 94.9 Å². The number of nitrogens with one attached hydrogen (secondary N) is 3. The van der Waals surface area contributed by atoms with E-state index in [4.69, 9.17) is 85.3 Å². The minimum Gasteiger partial charge on any atom is -0.444 e. The van der Waals surface area contributed by atoms with Crippen LogP contribution in [0.15, 0.2) is 0 Å². The number of carbonyl (C=O) groups is 2. The van der Waals surface area contributed by atoms with Crippen LogP contribution in [0.1, 0.15) is 41.5 Å². The first kappa shape index (κ1) is 66.9. The van der Waals surface area contributed by atoms with Crippen molar-refractivity contribution in [2.24, 2.45) is 0 Å². The molecule has 3 N–H and O–H groups in total. The van der Waals surface area contributed by atoms with Crippen LogP contribution in [-0.2, 0) is 85.3 Å². The highest BCUT2D eigenvalue weighted by Gasteiger charge is 2.16. The molecule has 23 nitrogen and oxygen atoms in total. The standard InChI is InChI=1S/C46H93N3O20/c1-45(2,3)68-43(50)48-9-13-54-17-21-58-25-29-62-33-37-66-41-39-64-35-31-60-27-23-56-19-15-52-11-7-47-8-12-53-16-20-57-24-28-61-32-36-65-40-42-67-38-34-63-30-26-59-22-18-55-14-10-49-44(51)69-46(4,5)6/h47H,7-42H2,1-6H3,(H,48,50)(H,49,51). The lowest BCUT2D eigenvalue weighted by Gasteiger charge is -2.19. The molecule has 2 amide bonds. The number of ether oxygens (including phenoxy) is 18. The summed E-state index contributed by atoms with van der Waals surface area (Å²) in [6.45, 7) is 28.5. The normalized spacial score (nSPS) is 11.9. The largest absolute Gasteiger partial charge is 0.444 e. The quantitative estimate of drug-likeness (QED) is 0.0738. The highest BCUT2D eigenvalue weighted by Crippen LogP contribution is 2.07. The second kappa shape index (κ2) is 52.2.